The molecule has 2 aliphatic rings. The fourth-order valence-electron chi connectivity index (χ4n) is 9.59. The lowest BCUT2D eigenvalue weighted by atomic mass is 9.85. The molecule has 2 atom stereocenters. The second-order valence-electron chi connectivity index (χ2n) is 15.2. The van der Waals surface area contributed by atoms with Gasteiger partial charge in [0.15, 0.2) is 0 Å². The van der Waals surface area contributed by atoms with Crippen LogP contribution in [0.5, 0.6) is 0 Å². The molecule has 268 valence electrons. The van der Waals surface area contributed by atoms with Crippen molar-refractivity contribution in [1.82, 2.24) is 4.57 Å². The zero-order valence-electron chi connectivity index (χ0n) is 31.1. The minimum Gasteiger partial charge on any atom is -0.332 e. The van der Waals surface area contributed by atoms with E-state index in [-0.39, 0.29) is 12.0 Å². The summed E-state index contributed by atoms with van der Waals surface area (Å²) < 4.78 is 5.10. The Bertz CT molecular complexity index is 3200. The Balaban J connectivity index is 0.989. The number of aromatic nitrogens is 1. The predicted molar refractivity (Wildman–Crippen MR) is 243 cm³/mol. The lowest BCUT2D eigenvalue weighted by Gasteiger charge is -2.33. The SMILES string of the molecule is C1=CC2C(C=C1c1ccc3c(c1)c1ccccc1n3-c1ccc3sc4ccccc4c3c1)c1ccccc1N2c1c(-c2ccccc2)cccc1-c1ccccc1. The van der Waals surface area contributed by atoms with Gasteiger partial charge in [-0.05, 0) is 76.4 Å². The first-order valence-electron chi connectivity index (χ1n) is 19.8. The molecule has 1 aliphatic carbocycles. The second kappa shape index (κ2) is 12.8. The number of hydrogen-bond acceptors (Lipinski definition) is 2. The number of hydrogen-bond donors (Lipinski definition) is 0. The first kappa shape index (κ1) is 32.3. The van der Waals surface area contributed by atoms with Gasteiger partial charge in [-0.15, -0.1) is 11.3 Å². The van der Waals surface area contributed by atoms with Crippen LogP contribution in [0, 0.1) is 0 Å². The minimum atomic E-state index is 0.132. The van der Waals surface area contributed by atoms with Gasteiger partial charge in [0, 0.05) is 59.4 Å². The standard InChI is InChI=1S/C54H36N2S/c1-3-14-35(15-4-1)40-21-13-22-41(36-16-5-2-6-17-36)54(40)56-49-24-11-8-19-43(49)46-33-38(27-30-51(46)56)37-26-29-50-45(32-37)42-18-7-10-23-48(42)55(50)39-28-31-53-47(34-39)44-20-9-12-25-52(44)57-53/h1-34,46,51H. The molecule has 8 aromatic carbocycles. The highest BCUT2D eigenvalue weighted by molar-refractivity contribution is 7.25. The van der Waals surface area contributed by atoms with Gasteiger partial charge in [0.25, 0.3) is 0 Å². The van der Waals surface area contributed by atoms with Crippen LogP contribution in [-0.4, -0.2) is 10.6 Å². The molecule has 0 saturated carbocycles. The van der Waals surface area contributed by atoms with Gasteiger partial charge in [0.2, 0.25) is 0 Å². The van der Waals surface area contributed by atoms with Crippen LogP contribution in [0.4, 0.5) is 11.4 Å². The largest absolute Gasteiger partial charge is 0.332 e. The van der Waals surface area contributed by atoms with E-state index in [9.17, 15) is 0 Å². The van der Waals surface area contributed by atoms with Gasteiger partial charge in [-0.2, -0.15) is 0 Å². The van der Waals surface area contributed by atoms with Gasteiger partial charge in [-0.25, -0.2) is 0 Å². The third-order valence-corrected chi connectivity index (χ3v) is 13.3. The van der Waals surface area contributed by atoms with Gasteiger partial charge in [0.1, 0.15) is 0 Å². The Kier molecular flexibility index (Phi) is 7.26. The molecule has 0 saturated heterocycles. The van der Waals surface area contributed by atoms with E-state index < -0.39 is 0 Å². The Labute approximate surface area is 335 Å². The van der Waals surface area contributed by atoms with Crippen LogP contribution in [0.25, 0.3) is 75.5 Å². The molecule has 3 heteroatoms. The molecule has 0 spiro atoms. The van der Waals surface area contributed by atoms with Gasteiger partial charge < -0.3 is 9.47 Å². The van der Waals surface area contributed by atoms with Crippen molar-refractivity contribution in [2.45, 2.75) is 12.0 Å². The molecule has 0 fully saturated rings. The number of rotatable bonds is 5. The maximum atomic E-state index is 2.61. The highest BCUT2D eigenvalue weighted by atomic mass is 32.1. The summed E-state index contributed by atoms with van der Waals surface area (Å²) in [6.07, 6.45) is 7.33. The quantitative estimate of drug-likeness (QED) is 0.170. The molecule has 10 aromatic rings. The van der Waals surface area contributed by atoms with Crippen molar-refractivity contribution in [2.75, 3.05) is 4.90 Å². The topological polar surface area (TPSA) is 8.17 Å². The van der Waals surface area contributed by atoms with Crippen molar-refractivity contribution in [1.29, 1.82) is 0 Å². The highest BCUT2D eigenvalue weighted by Gasteiger charge is 2.40. The summed E-state index contributed by atoms with van der Waals surface area (Å²) >= 11 is 1.87. The number of anilines is 2. The van der Waals surface area contributed by atoms with Crippen molar-refractivity contribution in [3.63, 3.8) is 0 Å². The van der Waals surface area contributed by atoms with Gasteiger partial charge >= 0.3 is 0 Å². The first-order valence-corrected chi connectivity index (χ1v) is 20.6. The van der Waals surface area contributed by atoms with Crippen molar-refractivity contribution in [3.8, 4) is 27.9 Å². The molecule has 57 heavy (non-hydrogen) atoms. The molecular weight excluding hydrogens is 709 g/mol. The maximum absolute atomic E-state index is 2.61. The second-order valence-corrected chi connectivity index (χ2v) is 16.3. The van der Waals surface area contributed by atoms with E-state index in [0.717, 1.165) is 0 Å². The van der Waals surface area contributed by atoms with Gasteiger partial charge in [-0.3, -0.25) is 0 Å². The molecule has 0 bridgehead atoms. The van der Waals surface area contributed by atoms with Gasteiger partial charge in [-0.1, -0.05) is 158 Å². The molecule has 0 amide bonds. The molecule has 1 aliphatic heterocycles. The van der Waals surface area contributed by atoms with Crippen LogP contribution in [0.15, 0.2) is 206 Å². The van der Waals surface area contributed by atoms with E-state index in [1.807, 2.05) is 11.3 Å². The molecule has 12 rings (SSSR count). The van der Waals surface area contributed by atoms with Gasteiger partial charge in [0.05, 0.1) is 22.8 Å². The van der Waals surface area contributed by atoms with Crippen LogP contribution >= 0.6 is 11.3 Å². The summed E-state index contributed by atoms with van der Waals surface area (Å²) in [6.45, 7) is 0. The summed E-state index contributed by atoms with van der Waals surface area (Å²) in [5, 5.41) is 5.18. The molecule has 2 nitrogen and oxygen atoms in total. The number of thiophene rings is 1. The van der Waals surface area contributed by atoms with E-state index in [0.29, 0.717) is 0 Å². The predicted octanol–water partition coefficient (Wildman–Crippen LogP) is 14.7. The lowest BCUT2D eigenvalue weighted by molar-refractivity contribution is 0.748. The molecule has 0 radical (unpaired) electrons. The lowest BCUT2D eigenvalue weighted by Crippen LogP contribution is -2.29. The first-order chi connectivity index (χ1) is 28.3. The number of benzene rings is 8. The summed E-state index contributed by atoms with van der Waals surface area (Å²) in [7, 11) is 0. The normalized spacial score (nSPS) is 16.1. The van der Waals surface area contributed by atoms with Crippen LogP contribution < -0.4 is 4.90 Å². The Hall–Kier alpha value is -6.94. The Morgan fingerprint density at radius 1 is 0.456 bits per heavy atom. The number of fused-ring (bicyclic) bond motifs is 9. The average molecular weight is 745 g/mol. The highest BCUT2D eigenvalue weighted by Crippen LogP contribution is 2.53. The van der Waals surface area contributed by atoms with Crippen molar-refractivity contribution in [2.24, 2.45) is 0 Å². The summed E-state index contributed by atoms with van der Waals surface area (Å²) in [5.74, 6) is 0.192. The zero-order chi connectivity index (χ0) is 37.5. The van der Waals surface area contributed by atoms with Crippen molar-refractivity contribution >= 4 is 70.3 Å². The fourth-order valence-corrected chi connectivity index (χ4v) is 10.7. The maximum Gasteiger partial charge on any atom is 0.0630 e. The molecule has 2 aromatic heterocycles. The molecule has 2 unspecified atom stereocenters. The minimum absolute atomic E-state index is 0.132. The molecule has 0 N–H and O–H groups in total. The number of nitrogens with zero attached hydrogens (tertiary/aromatic N) is 2. The van der Waals surface area contributed by atoms with Crippen LogP contribution in [0.3, 0.4) is 0 Å². The zero-order valence-corrected chi connectivity index (χ0v) is 31.9. The smallest absolute Gasteiger partial charge is 0.0630 e. The number of allylic oxidation sites excluding steroid dienone is 2. The van der Waals surface area contributed by atoms with E-state index >= 15 is 0 Å². The number of para-hydroxylation sites is 3. The summed E-state index contributed by atoms with van der Waals surface area (Å²) in [6, 6.07) is 69.3. The van der Waals surface area contributed by atoms with E-state index in [2.05, 4.69) is 216 Å². The Morgan fingerprint density at radius 2 is 1.12 bits per heavy atom. The summed E-state index contributed by atoms with van der Waals surface area (Å²) in [5.41, 5.74) is 14.9. The molecule has 3 heterocycles. The van der Waals surface area contributed by atoms with Crippen LogP contribution in [-0.2, 0) is 0 Å². The monoisotopic (exact) mass is 744 g/mol. The van der Waals surface area contributed by atoms with Crippen LogP contribution in [0.1, 0.15) is 17.0 Å². The third-order valence-electron chi connectivity index (χ3n) is 12.1. The van der Waals surface area contributed by atoms with Crippen molar-refractivity contribution in [3.05, 3.63) is 217 Å². The summed E-state index contributed by atoms with van der Waals surface area (Å²) in [4.78, 5) is 2.61. The Morgan fingerprint density at radius 3 is 1.93 bits per heavy atom. The molecular formula is C54H36N2S. The van der Waals surface area contributed by atoms with E-state index in [4.69, 9.17) is 0 Å². The fraction of sp³-hybridized carbons (Fsp3) is 0.0370. The van der Waals surface area contributed by atoms with Crippen LogP contribution in [0.2, 0.25) is 0 Å². The average Bonchev–Trinajstić information content (AvgIpc) is 3.93. The van der Waals surface area contributed by atoms with Crippen molar-refractivity contribution < 1.29 is 0 Å². The van der Waals surface area contributed by atoms with E-state index in [1.165, 1.54) is 98.0 Å². The third kappa shape index (κ3) is 5.02. The van der Waals surface area contributed by atoms with E-state index in [1.54, 1.807) is 0 Å².